The van der Waals surface area contributed by atoms with Gasteiger partial charge in [-0.2, -0.15) is 0 Å². The maximum atomic E-state index is 14.0. The number of hydrogen-bond acceptors (Lipinski definition) is 3. The zero-order valence-electron chi connectivity index (χ0n) is 13.1. The first-order valence-corrected chi connectivity index (χ1v) is 8.57. The summed E-state index contributed by atoms with van der Waals surface area (Å²) in [5.41, 5.74) is 1.65. The Hall–Kier alpha value is -2.68. The second kappa shape index (κ2) is 7.47. The van der Waals surface area contributed by atoms with Crippen LogP contribution in [-0.2, 0) is 0 Å². The van der Waals surface area contributed by atoms with Crippen molar-refractivity contribution in [2.24, 2.45) is 0 Å². The highest BCUT2D eigenvalue weighted by Gasteiger charge is 2.12. The van der Waals surface area contributed by atoms with Gasteiger partial charge in [0.25, 0.3) is 5.91 Å². The summed E-state index contributed by atoms with van der Waals surface area (Å²) in [4.78, 5) is 16.6. The second-order valence-electron chi connectivity index (χ2n) is 5.16. The van der Waals surface area contributed by atoms with Crippen LogP contribution in [0.25, 0.3) is 0 Å². The Kier molecular flexibility index (Phi) is 5.13. The van der Waals surface area contributed by atoms with Crippen molar-refractivity contribution in [1.82, 2.24) is 4.98 Å². The van der Waals surface area contributed by atoms with Crippen LogP contribution in [0.3, 0.4) is 0 Å². The van der Waals surface area contributed by atoms with E-state index in [4.69, 9.17) is 11.6 Å². The monoisotopic (exact) mass is 370 g/mol. The fraction of sp³-hybridized carbons (Fsp3) is 0.0526. The molecule has 0 aliphatic heterocycles. The third-order valence-electron chi connectivity index (χ3n) is 3.27. The largest absolute Gasteiger partial charge is 0.322 e. The van der Waals surface area contributed by atoms with E-state index in [2.05, 4.69) is 22.1 Å². The lowest BCUT2D eigenvalue weighted by atomic mass is 10.1. The van der Waals surface area contributed by atoms with Gasteiger partial charge in [0.1, 0.15) is 11.5 Å². The molecule has 1 aromatic heterocycles. The highest BCUT2D eigenvalue weighted by atomic mass is 35.5. The molecule has 0 spiro atoms. The van der Waals surface area contributed by atoms with Crippen LogP contribution in [0, 0.1) is 24.6 Å². The van der Waals surface area contributed by atoms with Crippen molar-refractivity contribution in [1.29, 1.82) is 0 Å². The van der Waals surface area contributed by atoms with Crippen LogP contribution < -0.4 is 5.32 Å². The van der Waals surface area contributed by atoms with Gasteiger partial charge in [-0.3, -0.25) is 4.79 Å². The van der Waals surface area contributed by atoms with Crippen LogP contribution in [-0.4, -0.2) is 10.9 Å². The summed E-state index contributed by atoms with van der Waals surface area (Å²) in [5.74, 6) is 4.64. The number of thiazole rings is 1. The lowest BCUT2D eigenvalue weighted by Gasteiger charge is -2.06. The number of hydrogen-bond donors (Lipinski definition) is 1. The number of carbonyl (C=O) groups excluding carboxylic acids is 1. The predicted octanol–water partition coefficient (Wildman–Crippen LogP) is 4.90. The van der Waals surface area contributed by atoms with Crippen molar-refractivity contribution in [3.63, 3.8) is 0 Å². The first-order valence-electron chi connectivity index (χ1n) is 7.32. The molecule has 0 aliphatic rings. The first kappa shape index (κ1) is 17.2. The number of aromatic nitrogens is 1. The van der Waals surface area contributed by atoms with Gasteiger partial charge in [0, 0.05) is 21.7 Å². The number of amides is 1. The van der Waals surface area contributed by atoms with Gasteiger partial charge in [-0.25, -0.2) is 9.37 Å². The topological polar surface area (TPSA) is 42.0 Å². The number of nitrogens with zero attached hydrogens (tertiary/aromatic N) is 1. The van der Waals surface area contributed by atoms with E-state index in [9.17, 15) is 9.18 Å². The van der Waals surface area contributed by atoms with Crippen molar-refractivity contribution >= 4 is 34.5 Å². The third-order valence-corrected chi connectivity index (χ3v) is 4.29. The summed E-state index contributed by atoms with van der Waals surface area (Å²) >= 11 is 7.31. The van der Waals surface area contributed by atoms with Crippen molar-refractivity contribution in [3.8, 4) is 11.8 Å². The van der Waals surface area contributed by atoms with Crippen molar-refractivity contribution in [3.05, 3.63) is 80.5 Å². The Morgan fingerprint density at radius 1 is 1.20 bits per heavy atom. The van der Waals surface area contributed by atoms with E-state index >= 15 is 0 Å². The Bertz CT molecular complexity index is 987. The SMILES string of the molecule is Cc1nc(C#Cc2ccc(F)c(C(=O)Nc3ccc(Cl)cc3)c2)cs1. The molecule has 1 N–H and O–H groups in total. The lowest BCUT2D eigenvalue weighted by molar-refractivity contribution is 0.102. The number of rotatable bonds is 2. The number of anilines is 1. The van der Waals surface area contributed by atoms with Crippen molar-refractivity contribution in [2.45, 2.75) is 6.92 Å². The molecule has 1 heterocycles. The highest BCUT2D eigenvalue weighted by Crippen LogP contribution is 2.16. The number of benzene rings is 2. The minimum Gasteiger partial charge on any atom is -0.322 e. The molecule has 0 bridgehead atoms. The predicted molar refractivity (Wildman–Crippen MR) is 98.6 cm³/mol. The molecule has 0 fully saturated rings. The van der Waals surface area contributed by atoms with Crippen molar-refractivity contribution in [2.75, 3.05) is 5.32 Å². The smallest absolute Gasteiger partial charge is 0.258 e. The lowest BCUT2D eigenvalue weighted by Crippen LogP contribution is -2.14. The molecule has 3 aromatic rings. The zero-order valence-corrected chi connectivity index (χ0v) is 14.7. The molecular formula is C19H12ClFN2OS. The van der Waals surface area contributed by atoms with Gasteiger partial charge in [0.05, 0.1) is 10.6 Å². The number of nitrogens with one attached hydrogen (secondary N) is 1. The molecule has 1 amide bonds. The van der Waals surface area contributed by atoms with E-state index in [1.807, 2.05) is 12.3 Å². The van der Waals surface area contributed by atoms with Gasteiger partial charge in [0.2, 0.25) is 0 Å². The van der Waals surface area contributed by atoms with E-state index in [1.54, 1.807) is 24.3 Å². The quantitative estimate of drug-likeness (QED) is 0.652. The summed E-state index contributed by atoms with van der Waals surface area (Å²) in [7, 11) is 0. The fourth-order valence-corrected chi connectivity index (χ4v) is 2.74. The molecule has 3 nitrogen and oxygen atoms in total. The number of halogens is 2. The number of carbonyl (C=O) groups is 1. The minimum atomic E-state index is -0.610. The molecule has 0 aliphatic carbocycles. The molecule has 124 valence electrons. The van der Waals surface area contributed by atoms with E-state index < -0.39 is 11.7 Å². The van der Waals surface area contributed by atoms with E-state index in [0.29, 0.717) is 22.0 Å². The number of aryl methyl sites for hydroxylation is 1. The van der Waals surface area contributed by atoms with E-state index in [1.165, 1.54) is 29.5 Å². The Labute approximate surface area is 153 Å². The van der Waals surface area contributed by atoms with E-state index in [-0.39, 0.29) is 5.56 Å². The summed E-state index contributed by atoms with van der Waals surface area (Å²) in [6.45, 7) is 1.90. The molecule has 0 saturated heterocycles. The van der Waals surface area contributed by atoms with Crippen LogP contribution in [0.4, 0.5) is 10.1 Å². The average molecular weight is 371 g/mol. The molecule has 0 saturated carbocycles. The van der Waals surface area contributed by atoms with Crippen LogP contribution >= 0.6 is 22.9 Å². The third kappa shape index (κ3) is 4.44. The van der Waals surface area contributed by atoms with Gasteiger partial charge in [0.15, 0.2) is 0 Å². The maximum Gasteiger partial charge on any atom is 0.258 e. The molecule has 0 atom stereocenters. The van der Waals surface area contributed by atoms with Crippen LogP contribution in [0.2, 0.25) is 5.02 Å². The van der Waals surface area contributed by atoms with Gasteiger partial charge in [-0.05, 0) is 55.3 Å². The van der Waals surface area contributed by atoms with Crippen LogP contribution in [0.1, 0.15) is 26.6 Å². The Balaban J connectivity index is 1.82. The van der Waals surface area contributed by atoms with Gasteiger partial charge in [-0.1, -0.05) is 17.5 Å². The summed E-state index contributed by atoms with van der Waals surface area (Å²) < 4.78 is 14.0. The highest BCUT2D eigenvalue weighted by molar-refractivity contribution is 7.09. The molecule has 0 radical (unpaired) electrons. The van der Waals surface area contributed by atoms with E-state index in [0.717, 1.165) is 5.01 Å². The van der Waals surface area contributed by atoms with Crippen LogP contribution in [0.5, 0.6) is 0 Å². The first-order chi connectivity index (χ1) is 12.0. The summed E-state index contributed by atoms with van der Waals surface area (Å²) in [5, 5.41) is 5.96. The van der Waals surface area contributed by atoms with Gasteiger partial charge < -0.3 is 5.32 Å². The average Bonchev–Trinajstić information content (AvgIpc) is 3.01. The Morgan fingerprint density at radius 3 is 2.64 bits per heavy atom. The normalized spacial score (nSPS) is 10.0. The molecule has 2 aromatic carbocycles. The second-order valence-corrected chi connectivity index (χ2v) is 6.66. The fourth-order valence-electron chi connectivity index (χ4n) is 2.07. The van der Waals surface area contributed by atoms with Crippen molar-refractivity contribution < 1.29 is 9.18 Å². The summed E-state index contributed by atoms with van der Waals surface area (Å²) in [6.07, 6.45) is 0. The minimum absolute atomic E-state index is 0.0730. The molecular weight excluding hydrogens is 359 g/mol. The Morgan fingerprint density at radius 2 is 1.96 bits per heavy atom. The molecule has 3 rings (SSSR count). The van der Waals surface area contributed by atoms with Gasteiger partial charge in [-0.15, -0.1) is 11.3 Å². The molecule has 0 unspecified atom stereocenters. The molecule has 25 heavy (non-hydrogen) atoms. The zero-order chi connectivity index (χ0) is 17.8. The standard InChI is InChI=1S/C19H12ClFN2OS/c1-12-22-16(11-25-12)6-2-13-3-9-18(21)17(10-13)19(24)23-15-7-4-14(20)5-8-15/h3-5,7-11H,1H3,(H,23,24). The summed E-state index contributed by atoms with van der Waals surface area (Å²) in [6, 6.07) is 10.8. The molecule has 6 heteroatoms. The van der Waals surface area contributed by atoms with Gasteiger partial charge >= 0.3 is 0 Å². The maximum absolute atomic E-state index is 14.0. The van der Waals surface area contributed by atoms with Crippen LogP contribution in [0.15, 0.2) is 47.8 Å².